The van der Waals surface area contributed by atoms with Crippen LogP contribution < -0.4 is 0 Å². The van der Waals surface area contributed by atoms with Gasteiger partial charge >= 0.3 is 0 Å². The standard InChI is InChI=1S/C21H21Cl2N3O2S/c22-15-10-17(13-4-7-26-6-1-2-16(26)8-13)21(23)19(11-15)29(27,28)20-9-14-12-24-5-3-18(14)25-20/h3,5,9-13,16,25H,1-2,4,6-8H2. The molecule has 5 nitrogen and oxygen atoms in total. The molecule has 0 amide bonds. The topological polar surface area (TPSA) is 66.1 Å². The minimum atomic E-state index is -3.84. The molecule has 2 fully saturated rings. The van der Waals surface area contributed by atoms with Crippen LogP contribution in [0.4, 0.5) is 0 Å². The molecule has 152 valence electrons. The van der Waals surface area contributed by atoms with Gasteiger partial charge in [0.15, 0.2) is 0 Å². The minimum absolute atomic E-state index is 0.0648. The van der Waals surface area contributed by atoms with E-state index in [0.717, 1.165) is 36.9 Å². The number of sulfone groups is 1. The summed E-state index contributed by atoms with van der Waals surface area (Å²) >= 11 is 13.1. The average Bonchev–Trinajstić information content (AvgIpc) is 3.35. The summed E-state index contributed by atoms with van der Waals surface area (Å²) in [5.41, 5.74) is 1.56. The van der Waals surface area contributed by atoms with Gasteiger partial charge in [-0.15, -0.1) is 0 Å². The first-order valence-corrected chi connectivity index (χ1v) is 12.1. The summed E-state index contributed by atoms with van der Waals surface area (Å²) in [5, 5.41) is 1.52. The van der Waals surface area contributed by atoms with Gasteiger partial charge in [0, 0.05) is 34.4 Å². The van der Waals surface area contributed by atoms with Gasteiger partial charge in [-0.05, 0) is 74.5 Å². The molecule has 8 heteroatoms. The number of pyridine rings is 1. The van der Waals surface area contributed by atoms with Crippen LogP contribution in [0.3, 0.4) is 0 Å². The number of aromatic amines is 1. The van der Waals surface area contributed by atoms with Crippen LogP contribution >= 0.6 is 23.2 Å². The zero-order valence-corrected chi connectivity index (χ0v) is 18.1. The summed E-state index contributed by atoms with van der Waals surface area (Å²) in [5.74, 6) is 0.224. The molecule has 0 saturated carbocycles. The Kier molecular flexibility index (Phi) is 4.86. The van der Waals surface area contributed by atoms with E-state index in [1.165, 1.54) is 18.9 Å². The molecule has 2 atom stereocenters. The Balaban J connectivity index is 1.56. The van der Waals surface area contributed by atoms with Crippen LogP contribution in [0.1, 0.15) is 37.2 Å². The summed E-state index contributed by atoms with van der Waals surface area (Å²) in [6, 6.07) is 7.19. The number of rotatable bonds is 3. The van der Waals surface area contributed by atoms with E-state index in [1.807, 2.05) is 6.07 Å². The Morgan fingerprint density at radius 2 is 2.00 bits per heavy atom. The van der Waals surface area contributed by atoms with Gasteiger partial charge in [-0.25, -0.2) is 8.42 Å². The van der Waals surface area contributed by atoms with Gasteiger partial charge in [0.1, 0.15) is 5.03 Å². The molecule has 2 unspecified atom stereocenters. The lowest BCUT2D eigenvalue weighted by atomic mass is 9.85. The van der Waals surface area contributed by atoms with E-state index >= 15 is 0 Å². The predicted molar refractivity (Wildman–Crippen MR) is 115 cm³/mol. The number of hydrogen-bond acceptors (Lipinski definition) is 4. The highest BCUT2D eigenvalue weighted by Crippen LogP contribution is 2.42. The summed E-state index contributed by atoms with van der Waals surface area (Å²) in [7, 11) is -3.84. The number of halogens is 2. The van der Waals surface area contributed by atoms with Crippen molar-refractivity contribution in [3.8, 4) is 0 Å². The number of fused-ring (bicyclic) bond motifs is 2. The Morgan fingerprint density at radius 1 is 1.14 bits per heavy atom. The highest BCUT2D eigenvalue weighted by Gasteiger charge is 2.34. The highest BCUT2D eigenvalue weighted by atomic mass is 35.5. The van der Waals surface area contributed by atoms with Crippen molar-refractivity contribution in [1.29, 1.82) is 0 Å². The maximum atomic E-state index is 13.4. The van der Waals surface area contributed by atoms with E-state index in [0.29, 0.717) is 21.6 Å². The van der Waals surface area contributed by atoms with Crippen molar-refractivity contribution in [2.75, 3.05) is 13.1 Å². The third-order valence-electron chi connectivity index (χ3n) is 6.27. The van der Waals surface area contributed by atoms with Gasteiger partial charge in [-0.3, -0.25) is 4.98 Å². The molecule has 0 bridgehead atoms. The van der Waals surface area contributed by atoms with Crippen LogP contribution in [0.15, 0.2) is 46.6 Å². The minimum Gasteiger partial charge on any atom is -0.345 e. The highest BCUT2D eigenvalue weighted by molar-refractivity contribution is 7.91. The summed E-state index contributed by atoms with van der Waals surface area (Å²) in [6.07, 6.45) is 7.64. The van der Waals surface area contributed by atoms with Gasteiger partial charge in [0.05, 0.1) is 9.92 Å². The number of piperidine rings is 1. The van der Waals surface area contributed by atoms with Crippen LogP contribution in [0.25, 0.3) is 10.9 Å². The number of nitrogens with one attached hydrogen (secondary N) is 1. The predicted octanol–water partition coefficient (Wildman–Crippen LogP) is 5.04. The first-order valence-electron chi connectivity index (χ1n) is 9.84. The van der Waals surface area contributed by atoms with Crippen molar-refractivity contribution in [3.05, 3.63) is 52.3 Å². The van der Waals surface area contributed by atoms with Crippen molar-refractivity contribution in [2.24, 2.45) is 0 Å². The summed E-state index contributed by atoms with van der Waals surface area (Å²) in [4.78, 5) is 9.62. The molecule has 29 heavy (non-hydrogen) atoms. The Hall–Kier alpha value is -1.60. The number of benzene rings is 1. The van der Waals surface area contributed by atoms with Crippen LogP contribution in [-0.4, -0.2) is 42.4 Å². The van der Waals surface area contributed by atoms with E-state index in [2.05, 4.69) is 14.9 Å². The molecule has 4 heterocycles. The first kappa shape index (κ1) is 19.4. The van der Waals surface area contributed by atoms with Gasteiger partial charge < -0.3 is 9.88 Å². The molecular formula is C21H21Cl2N3O2S. The van der Waals surface area contributed by atoms with Crippen LogP contribution in [0.5, 0.6) is 0 Å². The Labute approximate surface area is 179 Å². The molecule has 5 rings (SSSR count). The fraction of sp³-hybridized carbons (Fsp3) is 0.381. The van der Waals surface area contributed by atoms with E-state index in [-0.39, 0.29) is 15.8 Å². The van der Waals surface area contributed by atoms with E-state index in [4.69, 9.17) is 23.2 Å². The Morgan fingerprint density at radius 3 is 2.83 bits per heavy atom. The molecule has 0 aliphatic carbocycles. The maximum absolute atomic E-state index is 13.4. The second kappa shape index (κ2) is 7.27. The zero-order chi connectivity index (χ0) is 20.2. The molecule has 2 aliphatic heterocycles. The zero-order valence-electron chi connectivity index (χ0n) is 15.7. The normalized spacial score (nSPS) is 22.8. The number of hydrogen-bond donors (Lipinski definition) is 1. The molecule has 1 N–H and O–H groups in total. The van der Waals surface area contributed by atoms with Crippen molar-refractivity contribution >= 4 is 43.9 Å². The fourth-order valence-electron chi connectivity index (χ4n) is 4.79. The number of H-pyrrole nitrogens is 1. The largest absolute Gasteiger partial charge is 0.345 e. The van der Waals surface area contributed by atoms with Gasteiger partial charge in [-0.1, -0.05) is 23.2 Å². The quantitative estimate of drug-likeness (QED) is 0.607. The molecule has 1 aromatic carbocycles. The number of nitrogens with zero attached hydrogens (tertiary/aromatic N) is 2. The van der Waals surface area contributed by atoms with E-state index < -0.39 is 9.84 Å². The lowest BCUT2D eigenvalue weighted by Crippen LogP contribution is -2.37. The third kappa shape index (κ3) is 3.36. The van der Waals surface area contributed by atoms with Crippen molar-refractivity contribution in [2.45, 2.75) is 47.6 Å². The maximum Gasteiger partial charge on any atom is 0.223 e. The molecular weight excluding hydrogens is 429 g/mol. The third-order valence-corrected chi connectivity index (χ3v) is 8.72. The monoisotopic (exact) mass is 449 g/mol. The van der Waals surface area contributed by atoms with Gasteiger partial charge in [-0.2, -0.15) is 0 Å². The molecule has 0 radical (unpaired) electrons. The molecule has 2 aromatic heterocycles. The van der Waals surface area contributed by atoms with Crippen molar-refractivity contribution < 1.29 is 8.42 Å². The average molecular weight is 450 g/mol. The molecule has 0 spiro atoms. The van der Waals surface area contributed by atoms with E-state index in [9.17, 15) is 8.42 Å². The lowest BCUT2D eigenvalue weighted by molar-refractivity contribution is 0.181. The SMILES string of the molecule is O=S(=O)(c1cc2cnccc2[nH]1)c1cc(Cl)cc(C2CCN3CCCC3C2)c1Cl. The number of aromatic nitrogens is 2. The van der Waals surface area contributed by atoms with Crippen LogP contribution in [-0.2, 0) is 9.84 Å². The molecule has 2 aliphatic rings. The summed E-state index contributed by atoms with van der Waals surface area (Å²) < 4.78 is 26.8. The second-order valence-electron chi connectivity index (χ2n) is 7.96. The molecule has 2 saturated heterocycles. The Bertz CT molecular complexity index is 1160. The van der Waals surface area contributed by atoms with E-state index in [1.54, 1.807) is 24.5 Å². The van der Waals surface area contributed by atoms with Crippen LogP contribution in [0, 0.1) is 0 Å². The smallest absolute Gasteiger partial charge is 0.223 e. The van der Waals surface area contributed by atoms with Crippen molar-refractivity contribution in [3.63, 3.8) is 0 Å². The van der Waals surface area contributed by atoms with Gasteiger partial charge in [0.2, 0.25) is 9.84 Å². The lowest BCUT2D eigenvalue weighted by Gasteiger charge is -2.35. The first-order chi connectivity index (χ1) is 13.9. The fourth-order valence-corrected chi connectivity index (χ4v) is 7.05. The second-order valence-corrected chi connectivity index (χ2v) is 10.7. The summed E-state index contributed by atoms with van der Waals surface area (Å²) in [6.45, 7) is 2.19. The molecule has 3 aromatic rings. The van der Waals surface area contributed by atoms with Gasteiger partial charge in [0.25, 0.3) is 0 Å². The van der Waals surface area contributed by atoms with Crippen LogP contribution in [0.2, 0.25) is 10.0 Å². The van der Waals surface area contributed by atoms with Crippen molar-refractivity contribution in [1.82, 2.24) is 14.9 Å².